The highest BCUT2D eigenvalue weighted by atomic mass is 79.9. The molecule has 1 N–H and O–H groups in total. The second-order valence-corrected chi connectivity index (χ2v) is 7.88. The minimum atomic E-state index is 0.132. The lowest BCUT2D eigenvalue weighted by Gasteiger charge is -2.19. The Morgan fingerprint density at radius 3 is 2.70 bits per heavy atom. The second kappa shape index (κ2) is 6.52. The molecular weight excluding hydrogens is 358 g/mol. The molecule has 0 aliphatic rings. The molecule has 0 bridgehead atoms. The molecular formula is C14H17BrClN3S. The van der Waals surface area contributed by atoms with Gasteiger partial charge in [-0.2, -0.15) is 0 Å². The van der Waals surface area contributed by atoms with Crippen LogP contribution in [0.3, 0.4) is 0 Å². The molecule has 0 spiro atoms. The summed E-state index contributed by atoms with van der Waals surface area (Å²) in [6.07, 6.45) is 0.888. The first-order chi connectivity index (χ1) is 9.35. The van der Waals surface area contributed by atoms with E-state index in [0.717, 1.165) is 33.0 Å². The van der Waals surface area contributed by atoms with Crippen molar-refractivity contribution in [3.63, 3.8) is 0 Å². The summed E-state index contributed by atoms with van der Waals surface area (Å²) in [5, 5.41) is 14.6. The molecule has 6 heteroatoms. The monoisotopic (exact) mass is 373 g/mol. The van der Waals surface area contributed by atoms with E-state index in [-0.39, 0.29) is 5.54 Å². The molecule has 0 aliphatic carbocycles. The number of hydrogen-bond donors (Lipinski definition) is 1. The molecule has 2 rings (SSSR count). The van der Waals surface area contributed by atoms with Crippen LogP contribution in [0.25, 0.3) is 10.6 Å². The number of halogens is 2. The quantitative estimate of drug-likeness (QED) is 0.853. The number of rotatable bonds is 4. The molecule has 1 aromatic carbocycles. The summed E-state index contributed by atoms with van der Waals surface area (Å²) in [6.45, 7) is 7.37. The number of benzene rings is 1. The molecule has 3 nitrogen and oxygen atoms in total. The van der Waals surface area contributed by atoms with Gasteiger partial charge in [0, 0.05) is 28.5 Å². The molecule has 1 heterocycles. The Kier molecular flexibility index (Phi) is 5.18. The van der Waals surface area contributed by atoms with Gasteiger partial charge in [-0.25, -0.2) is 0 Å². The van der Waals surface area contributed by atoms with Gasteiger partial charge in [-0.3, -0.25) is 0 Å². The van der Waals surface area contributed by atoms with Crippen molar-refractivity contribution in [3.8, 4) is 10.6 Å². The van der Waals surface area contributed by atoms with Gasteiger partial charge >= 0.3 is 0 Å². The van der Waals surface area contributed by atoms with Crippen LogP contribution in [0.1, 0.15) is 25.8 Å². The van der Waals surface area contributed by atoms with E-state index < -0.39 is 0 Å². The molecule has 0 saturated carbocycles. The van der Waals surface area contributed by atoms with Crippen molar-refractivity contribution in [2.75, 3.05) is 6.54 Å². The van der Waals surface area contributed by atoms with Gasteiger partial charge in [0.25, 0.3) is 0 Å². The van der Waals surface area contributed by atoms with Crippen molar-refractivity contribution >= 4 is 38.9 Å². The number of nitrogens with one attached hydrogen (secondary N) is 1. The van der Waals surface area contributed by atoms with Crippen LogP contribution in [0.4, 0.5) is 0 Å². The molecule has 1 aromatic heterocycles. The molecule has 0 radical (unpaired) electrons. The van der Waals surface area contributed by atoms with Crippen molar-refractivity contribution in [3.05, 3.63) is 32.7 Å². The zero-order valence-corrected chi connectivity index (χ0v) is 14.9. The van der Waals surface area contributed by atoms with Gasteiger partial charge in [0.2, 0.25) is 0 Å². The lowest BCUT2D eigenvalue weighted by Crippen LogP contribution is -2.37. The SMILES string of the molecule is CC(C)(C)NCCc1nnc(-c2ccc(Br)c(Cl)c2)s1. The standard InChI is InChI=1S/C14H17BrClN3S/c1-14(2,3)17-7-6-12-18-19-13(20-12)9-4-5-10(15)11(16)8-9/h4-5,8,17H,6-7H2,1-3H3. The lowest BCUT2D eigenvalue weighted by molar-refractivity contribution is 0.429. The predicted molar refractivity (Wildman–Crippen MR) is 89.5 cm³/mol. The summed E-state index contributed by atoms with van der Waals surface area (Å²) in [5.41, 5.74) is 1.14. The fourth-order valence-corrected chi connectivity index (χ4v) is 2.91. The molecule has 0 amide bonds. The Balaban J connectivity index is 2.03. The first-order valence-electron chi connectivity index (χ1n) is 6.38. The molecule has 0 atom stereocenters. The largest absolute Gasteiger partial charge is 0.312 e. The van der Waals surface area contributed by atoms with Gasteiger partial charge < -0.3 is 5.32 Å². The predicted octanol–water partition coefficient (Wildman–Crippen LogP) is 4.55. The van der Waals surface area contributed by atoms with Crippen LogP contribution in [-0.4, -0.2) is 22.3 Å². The van der Waals surface area contributed by atoms with E-state index in [4.69, 9.17) is 11.6 Å². The summed E-state index contributed by atoms with van der Waals surface area (Å²) in [7, 11) is 0. The summed E-state index contributed by atoms with van der Waals surface area (Å²) >= 11 is 11.1. The van der Waals surface area contributed by atoms with Crippen LogP contribution in [0.5, 0.6) is 0 Å². The van der Waals surface area contributed by atoms with E-state index in [0.29, 0.717) is 5.02 Å². The first-order valence-corrected chi connectivity index (χ1v) is 8.37. The van der Waals surface area contributed by atoms with Crippen molar-refractivity contribution < 1.29 is 0 Å². The average Bonchev–Trinajstić information content (AvgIpc) is 2.80. The maximum atomic E-state index is 6.10. The average molecular weight is 375 g/mol. The van der Waals surface area contributed by atoms with Gasteiger partial charge in [0.05, 0.1) is 5.02 Å². The summed E-state index contributed by atoms with van der Waals surface area (Å²) < 4.78 is 0.891. The van der Waals surface area contributed by atoms with Crippen LogP contribution in [0.15, 0.2) is 22.7 Å². The third kappa shape index (κ3) is 4.52. The Morgan fingerprint density at radius 2 is 2.05 bits per heavy atom. The van der Waals surface area contributed by atoms with E-state index >= 15 is 0 Å². The van der Waals surface area contributed by atoms with Gasteiger partial charge in [-0.15, -0.1) is 10.2 Å². The van der Waals surface area contributed by atoms with Gasteiger partial charge in [0.15, 0.2) is 0 Å². The van der Waals surface area contributed by atoms with Crippen LogP contribution in [-0.2, 0) is 6.42 Å². The normalized spacial score (nSPS) is 11.8. The van der Waals surface area contributed by atoms with Crippen LogP contribution in [0, 0.1) is 0 Å². The molecule has 0 fully saturated rings. The van der Waals surface area contributed by atoms with Crippen molar-refractivity contribution in [2.45, 2.75) is 32.7 Å². The zero-order valence-electron chi connectivity index (χ0n) is 11.7. The fraction of sp³-hybridized carbons (Fsp3) is 0.429. The number of hydrogen-bond acceptors (Lipinski definition) is 4. The Bertz CT molecular complexity index is 592. The van der Waals surface area contributed by atoms with Gasteiger partial charge in [0.1, 0.15) is 10.0 Å². The van der Waals surface area contributed by atoms with E-state index in [9.17, 15) is 0 Å². The number of aromatic nitrogens is 2. The fourth-order valence-electron chi connectivity index (χ4n) is 1.64. The molecule has 0 saturated heterocycles. The van der Waals surface area contributed by atoms with E-state index in [1.54, 1.807) is 11.3 Å². The van der Waals surface area contributed by atoms with E-state index in [1.165, 1.54) is 0 Å². The smallest absolute Gasteiger partial charge is 0.147 e. The number of nitrogens with zero attached hydrogens (tertiary/aromatic N) is 2. The molecule has 108 valence electrons. The Hall–Kier alpha value is -0.490. The van der Waals surface area contributed by atoms with E-state index in [1.807, 2.05) is 18.2 Å². The molecule has 2 aromatic rings. The van der Waals surface area contributed by atoms with Crippen LogP contribution >= 0.6 is 38.9 Å². The third-order valence-corrected chi connectivity index (χ3v) is 4.89. The summed E-state index contributed by atoms with van der Waals surface area (Å²) in [5.74, 6) is 0. The highest BCUT2D eigenvalue weighted by Crippen LogP contribution is 2.30. The third-order valence-electron chi connectivity index (χ3n) is 2.63. The Morgan fingerprint density at radius 1 is 1.30 bits per heavy atom. The maximum absolute atomic E-state index is 6.10. The van der Waals surface area contributed by atoms with E-state index in [2.05, 4.69) is 52.2 Å². The minimum Gasteiger partial charge on any atom is -0.312 e. The highest BCUT2D eigenvalue weighted by Gasteiger charge is 2.11. The summed E-state index contributed by atoms with van der Waals surface area (Å²) in [4.78, 5) is 0. The Labute approximate surface area is 136 Å². The minimum absolute atomic E-state index is 0.132. The van der Waals surface area contributed by atoms with Crippen LogP contribution < -0.4 is 5.32 Å². The topological polar surface area (TPSA) is 37.8 Å². The van der Waals surface area contributed by atoms with Gasteiger partial charge in [-0.1, -0.05) is 29.0 Å². The second-order valence-electron chi connectivity index (χ2n) is 5.56. The first kappa shape index (κ1) is 15.9. The molecule has 20 heavy (non-hydrogen) atoms. The van der Waals surface area contributed by atoms with Crippen molar-refractivity contribution in [1.82, 2.24) is 15.5 Å². The van der Waals surface area contributed by atoms with Crippen LogP contribution in [0.2, 0.25) is 5.02 Å². The van der Waals surface area contributed by atoms with Crippen molar-refractivity contribution in [1.29, 1.82) is 0 Å². The van der Waals surface area contributed by atoms with Crippen molar-refractivity contribution in [2.24, 2.45) is 0 Å². The molecule has 0 unspecified atom stereocenters. The molecule has 0 aliphatic heterocycles. The highest BCUT2D eigenvalue weighted by molar-refractivity contribution is 9.10. The zero-order chi connectivity index (χ0) is 14.8. The van der Waals surface area contributed by atoms with Gasteiger partial charge in [-0.05, 0) is 48.8 Å². The maximum Gasteiger partial charge on any atom is 0.147 e. The summed E-state index contributed by atoms with van der Waals surface area (Å²) in [6, 6.07) is 5.83. The lowest BCUT2D eigenvalue weighted by atomic mass is 10.1.